The van der Waals surface area contributed by atoms with E-state index in [1.165, 1.54) is 0 Å². The molecule has 0 amide bonds. The van der Waals surface area contributed by atoms with Crippen molar-refractivity contribution in [1.82, 2.24) is 14.8 Å². The van der Waals surface area contributed by atoms with Crippen LogP contribution in [0.25, 0.3) is 0 Å². The Labute approximate surface area is 90.6 Å². The molecule has 0 aromatic carbocycles. The van der Waals surface area contributed by atoms with Crippen molar-refractivity contribution in [3.8, 4) is 0 Å². The van der Waals surface area contributed by atoms with Crippen molar-refractivity contribution in [2.24, 2.45) is 12.8 Å². The first-order valence-corrected chi connectivity index (χ1v) is 5.24. The average molecular weight is 212 g/mol. The first kappa shape index (κ1) is 12.1. The Kier molecular flexibility index (Phi) is 4.71. The van der Waals surface area contributed by atoms with E-state index in [1.807, 2.05) is 7.05 Å². The summed E-state index contributed by atoms with van der Waals surface area (Å²) in [6.45, 7) is 2.05. The zero-order chi connectivity index (χ0) is 11.3. The van der Waals surface area contributed by atoms with Crippen LogP contribution in [0.4, 0.5) is 0 Å². The fourth-order valence-corrected chi connectivity index (χ4v) is 1.41. The number of hydrogen-bond donors (Lipinski definition) is 1. The second-order valence-corrected chi connectivity index (χ2v) is 3.89. The molecule has 0 saturated carbocycles. The van der Waals surface area contributed by atoms with Crippen LogP contribution in [0.5, 0.6) is 0 Å². The van der Waals surface area contributed by atoms with E-state index in [4.69, 9.17) is 10.5 Å². The molecule has 15 heavy (non-hydrogen) atoms. The Balaban J connectivity index is 2.30. The highest BCUT2D eigenvalue weighted by Gasteiger charge is 2.10. The molecule has 86 valence electrons. The predicted octanol–water partition coefficient (Wildman–Crippen LogP) is 0.500. The first-order chi connectivity index (χ1) is 7.13. The third kappa shape index (κ3) is 3.97. The van der Waals surface area contributed by atoms with Gasteiger partial charge >= 0.3 is 0 Å². The highest BCUT2D eigenvalue weighted by atomic mass is 16.5. The highest BCUT2D eigenvalue weighted by Crippen LogP contribution is 2.06. The number of aromatic nitrogens is 3. The van der Waals surface area contributed by atoms with E-state index >= 15 is 0 Å². The van der Waals surface area contributed by atoms with E-state index in [0.717, 1.165) is 25.1 Å². The minimum absolute atomic E-state index is 0.130. The van der Waals surface area contributed by atoms with E-state index in [9.17, 15) is 0 Å². The topological polar surface area (TPSA) is 66.0 Å². The molecular weight excluding hydrogens is 192 g/mol. The van der Waals surface area contributed by atoms with Crippen molar-refractivity contribution in [2.75, 3.05) is 7.11 Å². The Hall–Kier alpha value is -0.940. The van der Waals surface area contributed by atoms with E-state index in [2.05, 4.69) is 17.0 Å². The second-order valence-electron chi connectivity index (χ2n) is 3.89. The molecule has 0 aliphatic heterocycles. The van der Waals surface area contributed by atoms with Crippen molar-refractivity contribution in [1.29, 1.82) is 0 Å². The number of aryl methyl sites for hydroxylation is 1. The molecule has 1 rings (SSSR count). The van der Waals surface area contributed by atoms with Gasteiger partial charge in [-0.15, -0.1) is 0 Å². The smallest absolute Gasteiger partial charge is 0.138 e. The lowest BCUT2D eigenvalue weighted by Crippen LogP contribution is -2.26. The van der Waals surface area contributed by atoms with Gasteiger partial charge in [0, 0.05) is 26.6 Å². The number of methoxy groups -OCH3 is 1. The zero-order valence-corrected chi connectivity index (χ0v) is 9.68. The van der Waals surface area contributed by atoms with Gasteiger partial charge in [0.1, 0.15) is 12.2 Å². The SMILES string of the molecule is COC(C)CCC(N)Cc1ncnn1C. The molecule has 2 unspecified atom stereocenters. The third-order valence-electron chi connectivity index (χ3n) is 2.60. The summed E-state index contributed by atoms with van der Waals surface area (Å²) in [5.41, 5.74) is 6.00. The summed E-state index contributed by atoms with van der Waals surface area (Å²) < 4.78 is 6.93. The predicted molar refractivity (Wildman–Crippen MR) is 58.4 cm³/mol. The van der Waals surface area contributed by atoms with Crippen molar-refractivity contribution in [3.05, 3.63) is 12.2 Å². The monoisotopic (exact) mass is 212 g/mol. The zero-order valence-electron chi connectivity index (χ0n) is 9.68. The van der Waals surface area contributed by atoms with Gasteiger partial charge in [-0.3, -0.25) is 4.68 Å². The number of ether oxygens (including phenoxy) is 1. The van der Waals surface area contributed by atoms with Gasteiger partial charge in [0.25, 0.3) is 0 Å². The highest BCUT2D eigenvalue weighted by molar-refractivity contribution is 4.87. The Morgan fingerprint density at radius 1 is 1.53 bits per heavy atom. The van der Waals surface area contributed by atoms with Crippen LogP contribution in [0.1, 0.15) is 25.6 Å². The Bertz CT molecular complexity index is 287. The molecule has 0 radical (unpaired) electrons. The largest absolute Gasteiger partial charge is 0.382 e. The van der Waals surface area contributed by atoms with Crippen molar-refractivity contribution in [3.63, 3.8) is 0 Å². The lowest BCUT2D eigenvalue weighted by Gasteiger charge is -2.13. The van der Waals surface area contributed by atoms with E-state index in [1.54, 1.807) is 18.1 Å². The summed E-state index contributed by atoms with van der Waals surface area (Å²) in [5.74, 6) is 0.938. The molecule has 0 spiro atoms. The van der Waals surface area contributed by atoms with Crippen molar-refractivity contribution >= 4 is 0 Å². The molecule has 0 aliphatic rings. The summed E-state index contributed by atoms with van der Waals surface area (Å²) >= 11 is 0. The summed E-state index contributed by atoms with van der Waals surface area (Å²) in [7, 11) is 3.60. The molecule has 5 heteroatoms. The standard InChI is InChI=1S/C10H20N4O/c1-8(15-3)4-5-9(11)6-10-12-7-13-14(10)2/h7-9H,4-6,11H2,1-3H3. The first-order valence-electron chi connectivity index (χ1n) is 5.24. The minimum atomic E-state index is 0.130. The van der Waals surface area contributed by atoms with Crippen LogP contribution in [-0.2, 0) is 18.2 Å². The maximum absolute atomic E-state index is 6.00. The molecule has 0 fully saturated rings. The summed E-state index contributed by atoms with van der Waals surface area (Å²) in [6.07, 6.45) is 4.53. The third-order valence-corrected chi connectivity index (χ3v) is 2.60. The molecule has 1 aromatic heterocycles. The Morgan fingerprint density at radius 2 is 2.27 bits per heavy atom. The minimum Gasteiger partial charge on any atom is -0.382 e. The normalized spacial score (nSPS) is 15.2. The maximum atomic E-state index is 6.00. The van der Waals surface area contributed by atoms with Crippen LogP contribution < -0.4 is 5.73 Å². The van der Waals surface area contributed by atoms with Crippen LogP contribution in [0, 0.1) is 0 Å². The molecule has 0 bridgehead atoms. The van der Waals surface area contributed by atoms with Crippen LogP contribution >= 0.6 is 0 Å². The molecule has 1 aromatic rings. The fourth-order valence-electron chi connectivity index (χ4n) is 1.41. The molecule has 5 nitrogen and oxygen atoms in total. The molecular formula is C10H20N4O. The lowest BCUT2D eigenvalue weighted by atomic mass is 10.1. The molecule has 2 N–H and O–H groups in total. The van der Waals surface area contributed by atoms with Gasteiger partial charge in [-0.2, -0.15) is 5.10 Å². The quantitative estimate of drug-likeness (QED) is 0.745. The Morgan fingerprint density at radius 3 is 2.80 bits per heavy atom. The van der Waals surface area contributed by atoms with Gasteiger partial charge in [-0.1, -0.05) is 0 Å². The molecule has 0 aliphatic carbocycles. The summed E-state index contributed by atoms with van der Waals surface area (Å²) in [6, 6.07) is 0.130. The number of nitrogens with two attached hydrogens (primary N) is 1. The second kappa shape index (κ2) is 5.82. The van der Waals surface area contributed by atoms with Gasteiger partial charge < -0.3 is 10.5 Å². The fraction of sp³-hybridized carbons (Fsp3) is 0.800. The van der Waals surface area contributed by atoms with Gasteiger partial charge in [0.05, 0.1) is 6.10 Å². The van der Waals surface area contributed by atoms with Crippen LogP contribution in [0.15, 0.2) is 6.33 Å². The van der Waals surface area contributed by atoms with Gasteiger partial charge in [0.15, 0.2) is 0 Å². The lowest BCUT2D eigenvalue weighted by molar-refractivity contribution is 0.107. The van der Waals surface area contributed by atoms with E-state index < -0.39 is 0 Å². The average Bonchev–Trinajstić information content (AvgIpc) is 2.61. The van der Waals surface area contributed by atoms with Crippen LogP contribution in [0.3, 0.4) is 0 Å². The molecule has 0 saturated heterocycles. The molecule has 2 atom stereocenters. The van der Waals surface area contributed by atoms with Gasteiger partial charge in [-0.05, 0) is 19.8 Å². The number of nitrogens with zero attached hydrogens (tertiary/aromatic N) is 3. The van der Waals surface area contributed by atoms with E-state index in [0.29, 0.717) is 0 Å². The van der Waals surface area contributed by atoms with E-state index in [-0.39, 0.29) is 12.1 Å². The maximum Gasteiger partial charge on any atom is 0.138 e. The van der Waals surface area contributed by atoms with Crippen LogP contribution in [-0.4, -0.2) is 34.0 Å². The van der Waals surface area contributed by atoms with Crippen LogP contribution in [0.2, 0.25) is 0 Å². The number of hydrogen-bond acceptors (Lipinski definition) is 4. The molecule has 1 heterocycles. The summed E-state index contributed by atoms with van der Waals surface area (Å²) in [4.78, 5) is 4.14. The van der Waals surface area contributed by atoms with Gasteiger partial charge in [0.2, 0.25) is 0 Å². The van der Waals surface area contributed by atoms with Gasteiger partial charge in [-0.25, -0.2) is 4.98 Å². The summed E-state index contributed by atoms with van der Waals surface area (Å²) in [5, 5.41) is 4.01. The van der Waals surface area contributed by atoms with Crippen molar-refractivity contribution < 1.29 is 4.74 Å². The number of rotatable bonds is 6. The van der Waals surface area contributed by atoms with Crippen molar-refractivity contribution in [2.45, 2.75) is 38.3 Å².